The van der Waals surface area contributed by atoms with Gasteiger partial charge in [0, 0.05) is 9.79 Å². The van der Waals surface area contributed by atoms with Crippen LogP contribution in [0.25, 0.3) is 0 Å². The SMILES string of the molecule is COc1ccc(SC(C)C(=O)Nc2ccccc2SC)cc1. The van der Waals surface area contributed by atoms with E-state index in [9.17, 15) is 4.79 Å². The zero-order chi connectivity index (χ0) is 15.9. The standard InChI is InChI=1S/C17H19NO2S2/c1-12(22-14-10-8-13(20-2)9-11-14)17(19)18-15-6-4-5-7-16(15)21-3/h4-12H,1-3H3,(H,18,19). The van der Waals surface area contributed by atoms with Crippen molar-refractivity contribution in [3.05, 3.63) is 48.5 Å². The average molecular weight is 333 g/mol. The van der Waals surface area contributed by atoms with Crippen LogP contribution in [-0.2, 0) is 4.79 Å². The first kappa shape index (κ1) is 16.8. The summed E-state index contributed by atoms with van der Waals surface area (Å²) in [6, 6.07) is 15.5. The minimum Gasteiger partial charge on any atom is -0.497 e. The molecule has 0 fully saturated rings. The molecule has 1 unspecified atom stereocenters. The molecule has 2 aromatic carbocycles. The monoisotopic (exact) mass is 333 g/mol. The van der Waals surface area contributed by atoms with E-state index in [4.69, 9.17) is 4.74 Å². The minimum absolute atomic E-state index is 0.00215. The Kier molecular flexibility index (Phi) is 6.21. The Morgan fingerprint density at radius 1 is 1.14 bits per heavy atom. The van der Waals surface area contributed by atoms with Crippen molar-refractivity contribution < 1.29 is 9.53 Å². The van der Waals surface area contributed by atoms with Crippen LogP contribution in [0.3, 0.4) is 0 Å². The molecule has 0 saturated carbocycles. The van der Waals surface area contributed by atoms with Crippen LogP contribution in [0.1, 0.15) is 6.92 Å². The molecule has 1 atom stereocenters. The maximum absolute atomic E-state index is 12.3. The molecule has 0 bridgehead atoms. The van der Waals surface area contributed by atoms with E-state index in [1.54, 1.807) is 18.9 Å². The van der Waals surface area contributed by atoms with Crippen LogP contribution in [0.5, 0.6) is 5.75 Å². The first-order chi connectivity index (χ1) is 10.6. The van der Waals surface area contributed by atoms with Gasteiger partial charge in [0.25, 0.3) is 0 Å². The van der Waals surface area contributed by atoms with E-state index < -0.39 is 0 Å². The van der Waals surface area contributed by atoms with Crippen molar-refractivity contribution in [1.82, 2.24) is 0 Å². The molecule has 3 nitrogen and oxygen atoms in total. The number of ether oxygens (including phenoxy) is 1. The lowest BCUT2D eigenvalue weighted by atomic mass is 10.3. The Morgan fingerprint density at radius 2 is 1.82 bits per heavy atom. The van der Waals surface area contributed by atoms with Crippen molar-refractivity contribution in [2.75, 3.05) is 18.7 Å². The van der Waals surface area contributed by atoms with Gasteiger partial charge in [-0.3, -0.25) is 4.79 Å². The van der Waals surface area contributed by atoms with E-state index in [1.165, 1.54) is 11.8 Å². The number of hydrogen-bond acceptors (Lipinski definition) is 4. The largest absolute Gasteiger partial charge is 0.497 e. The van der Waals surface area contributed by atoms with E-state index in [0.717, 1.165) is 21.2 Å². The second-order valence-electron chi connectivity index (χ2n) is 4.63. The summed E-state index contributed by atoms with van der Waals surface area (Å²) < 4.78 is 5.14. The van der Waals surface area contributed by atoms with E-state index in [-0.39, 0.29) is 11.2 Å². The van der Waals surface area contributed by atoms with Crippen LogP contribution >= 0.6 is 23.5 Å². The molecule has 0 aromatic heterocycles. The number of amides is 1. The van der Waals surface area contributed by atoms with Gasteiger partial charge in [0.1, 0.15) is 5.75 Å². The topological polar surface area (TPSA) is 38.3 Å². The third-order valence-corrected chi connectivity index (χ3v) is 5.01. The van der Waals surface area contributed by atoms with Crippen molar-refractivity contribution in [3.63, 3.8) is 0 Å². The lowest BCUT2D eigenvalue weighted by molar-refractivity contribution is -0.115. The number of carbonyl (C=O) groups excluding carboxylic acids is 1. The fraction of sp³-hybridized carbons (Fsp3) is 0.235. The predicted octanol–water partition coefficient (Wildman–Crippen LogP) is 4.54. The maximum Gasteiger partial charge on any atom is 0.237 e. The van der Waals surface area contributed by atoms with Gasteiger partial charge in [-0.15, -0.1) is 23.5 Å². The molecular weight excluding hydrogens is 314 g/mol. The average Bonchev–Trinajstić information content (AvgIpc) is 2.56. The van der Waals surface area contributed by atoms with E-state index in [1.807, 2.05) is 61.7 Å². The molecule has 22 heavy (non-hydrogen) atoms. The number of rotatable bonds is 6. The van der Waals surface area contributed by atoms with E-state index in [2.05, 4.69) is 5.32 Å². The Balaban J connectivity index is 1.99. The van der Waals surface area contributed by atoms with Gasteiger partial charge in [-0.2, -0.15) is 0 Å². The second kappa shape index (κ2) is 8.15. The molecule has 0 spiro atoms. The molecular formula is C17H19NO2S2. The Labute approximate surface area is 139 Å². The number of thioether (sulfide) groups is 2. The Morgan fingerprint density at radius 3 is 2.45 bits per heavy atom. The summed E-state index contributed by atoms with van der Waals surface area (Å²) in [7, 11) is 1.64. The van der Waals surface area contributed by atoms with Crippen LogP contribution in [-0.4, -0.2) is 24.5 Å². The normalized spacial score (nSPS) is 11.8. The highest BCUT2D eigenvalue weighted by atomic mass is 32.2. The van der Waals surface area contributed by atoms with Gasteiger partial charge in [0.15, 0.2) is 0 Å². The number of nitrogens with one attached hydrogen (secondary N) is 1. The molecule has 0 aliphatic rings. The van der Waals surface area contributed by atoms with E-state index in [0.29, 0.717) is 0 Å². The fourth-order valence-electron chi connectivity index (χ4n) is 1.89. The van der Waals surface area contributed by atoms with Gasteiger partial charge in [-0.25, -0.2) is 0 Å². The first-order valence-electron chi connectivity index (χ1n) is 6.88. The lowest BCUT2D eigenvalue weighted by Crippen LogP contribution is -2.22. The number of benzene rings is 2. The summed E-state index contributed by atoms with van der Waals surface area (Å²) in [4.78, 5) is 14.5. The molecule has 0 heterocycles. The summed E-state index contributed by atoms with van der Waals surface area (Å²) >= 11 is 3.15. The summed E-state index contributed by atoms with van der Waals surface area (Å²) in [6.45, 7) is 1.91. The Hall–Kier alpha value is -1.59. The van der Waals surface area contributed by atoms with Gasteiger partial charge in [-0.1, -0.05) is 12.1 Å². The molecule has 5 heteroatoms. The van der Waals surface area contributed by atoms with Crippen molar-refractivity contribution in [3.8, 4) is 5.75 Å². The lowest BCUT2D eigenvalue weighted by Gasteiger charge is -2.14. The summed E-state index contributed by atoms with van der Waals surface area (Å²) in [5, 5.41) is 2.82. The molecule has 0 aliphatic carbocycles. The van der Waals surface area contributed by atoms with Crippen molar-refractivity contribution in [1.29, 1.82) is 0 Å². The Bertz CT molecular complexity index is 629. The molecule has 2 aromatic rings. The molecule has 116 valence electrons. The van der Waals surface area contributed by atoms with Crippen molar-refractivity contribution >= 4 is 35.1 Å². The zero-order valence-electron chi connectivity index (χ0n) is 12.8. The summed E-state index contributed by atoms with van der Waals surface area (Å²) in [5.41, 5.74) is 0.863. The quantitative estimate of drug-likeness (QED) is 0.788. The highest BCUT2D eigenvalue weighted by molar-refractivity contribution is 8.00. The molecule has 1 amide bonds. The molecule has 0 aliphatic heterocycles. The second-order valence-corrected chi connectivity index (χ2v) is 6.89. The van der Waals surface area contributed by atoms with Crippen LogP contribution in [0.2, 0.25) is 0 Å². The van der Waals surface area contributed by atoms with Gasteiger partial charge in [-0.05, 0) is 49.6 Å². The molecule has 2 rings (SSSR count). The smallest absolute Gasteiger partial charge is 0.237 e. The molecule has 0 radical (unpaired) electrons. The van der Waals surface area contributed by atoms with Gasteiger partial charge < -0.3 is 10.1 Å². The third kappa shape index (κ3) is 4.45. The van der Waals surface area contributed by atoms with Crippen LogP contribution in [0.4, 0.5) is 5.69 Å². The van der Waals surface area contributed by atoms with Crippen molar-refractivity contribution in [2.45, 2.75) is 22.0 Å². The van der Waals surface area contributed by atoms with Crippen LogP contribution in [0.15, 0.2) is 58.3 Å². The van der Waals surface area contributed by atoms with Gasteiger partial charge in [0.05, 0.1) is 18.0 Å². The highest BCUT2D eigenvalue weighted by Gasteiger charge is 2.15. The maximum atomic E-state index is 12.3. The minimum atomic E-state index is -0.177. The predicted molar refractivity (Wildman–Crippen MR) is 95.2 cm³/mol. The van der Waals surface area contributed by atoms with Gasteiger partial charge >= 0.3 is 0 Å². The molecule has 0 saturated heterocycles. The van der Waals surface area contributed by atoms with Crippen LogP contribution < -0.4 is 10.1 Å². The van der Waals surface area contributed by atoms with E-state index >= 15 is 0 Å². The van der Waals surface area contributed by atoms with Crippen LogP contribution in [0, 0.1) is 0 Å². The summed E-state index contributed by atoms with van der Waals surface area (Å²) in [6.07, 6.45) is 2.00. The number of carbonyl (C=O) groups is 1. The highest BCUT2D eigenvalue weighted by Crippen LogP contribution is 2.28. The number of hydrogen-bond donors (Lipinski definition) is 1. The molecule has 1 N–H and O–H groups in total. The van der Waals surface area contributed by atoms with Gasteiger partial charge in [0.2, 0.25) is 5.91 Å². The number of anilines is 1. The third-order valence-electron chi connectivity index (χ3n) is 3.11. The fourth-order valence-corrected chi connectivity index (χ4v) is 3.32. The zero-order valence-corrected chi connectivity index (χ0v) is 14.5. The van der Waals surface area contributed by atoms with Crippen molar-refractivity contribution in [2.24, 2.45) is 0 Å². The first-order valence-corrected chi connectivity index (χ1v) is 8.99. The summed E-state index contributed by atoms with van der Waals surface area (Å²) in [5.74, 6) is 0.817. The number of methoxy groups -OCH3 is 1. The number of para-hydroxylation sites is 1.